The van der Waals surface area contributed by atoms with E-state index in [0.29, 0.717) is 6.04 Å². The third kappa shape index (κ3) is 3.53. The maximum Gasteiger partial charge on any atom is 0.133 e. The van der Waals surface area contributed by atoms with Crippen molar-refractivity contribution in [2.75, 3.05) is 33.3 Å². The predicted octanol–water partition coefficient (Wildman–Crippen LogP) is 5.18. The second-order valence-corrected chi connectivity index (χ2v) is 8.56. The van der Waals surface area contributed by atoms with Gasteiger partial charge in [-0.1, -0.05) is 48.5 Å². The Labute approximate surface area is 185 Å². The van der Waals surface area contributed by atoms with E-state index in [1.54, 1.807) is 7.11 Å². The smallest absolute Gasteiger partial charge is 0.133 e. The predicted molar refractivity (Wildman–Crippen MR) is 125 cm³/mol. The highest BCUT2D eigenvalue weighted by atomic mass is 79.9. The summed E-state index contributed by atoms with van der Waals surface area (Å²) in [5.74, 6) is 0.831. The Bertz CT molecular complexity index is 1040. The fraction of sp³-hybridized carbons (Fsp3) is 0.240. The molecule has 4 nitrogen and oxygen atoms in total. The van der Waals surface area contributed by atoms with Crippen LogP contribution >= 0.6 is 15.9 Å². The molecule has 1 saturated heterocycles. The molecule has 3 aromatic carbocycles. The van der Waals surface area contributed by atoms with E-state index >= 15 is 0 Å². The standard InChI is InChI=1S/C25H24BrN3O/c1-30-24-11-10-18(16-23(24)26)17-27-29-14-12-28(13-15-29)25-21-8-4-2-6-19(21)20-7-3-5-9-22(20)25/h2-11,16-17,25H,12-15H2,1H3/b27-17-. The number of nitrogens with zero attached hydrogens (tertiary/aromatic N) is 3. The lowest BCUT2D eigenvalue weighted by Gasteiger charge is -2.37. The maximum atomic E-state index is 5.30. The van der Waals surface area contributed by atoms with Gasteiger partial charge in [-0.15, -0.1) is 0 Å². The molecular weight excluding hydrogens is 438 g/mol. The molecule has 0 spiro atoms. The summed E-state index contributed by atoms with van der Waals surface area (Å²) in [6, 6.07) is 24.0. The van der Waals surface area contributed by atoms with Crippen molar-refractivity contribution in [3.8, 4) is 16.9 Å². The molecule has 5 rings (SSSR count). The van der Waals surface area contributed by atoms with Gasteiger partial charge in [-0.25, -0.2) is 0 Å². The fourth-order valence-corrected chi connectivity index (χ4v) is 5.08. The molecule has 3 aromatic rings. The summed E-state index contributed by atoms with van der Waals surface area (Å²) in [5.41, 5.74) is 6.67. The molecule has 0 saturated carbocycles. The van der Waals surface area contributed by atoms with Crippen molar-refractivity contribution >= 4 is 22.1 Å². The number of halogens is 1. The number of hydrogen-bond donors (Lipinski definition) is 0. The Balaban J connectivity index is 1.29. The maximum absolute atomic E-state index is 5.30. The van der Waals surface area contributed by atoms with E-state index in [1.165, 1.54) is 22.3 Å². The third-order valence-corrected chi connectivity index (χ3v) is 6.62. The van der Waals surface area contributed by atoms with Gasteiger partial charge >= 0.3 is 0 Å². The van der Waals surface area contributed by atoms with Crippen molar-refractivity contribution in [3.05, 3.63) is 87.9 Å². The van der Waals surface area contributed by atoms with Crippen molar-refractivity contribution in [2.24, 2.45) is 5.10 Å². The van der Waals surface area contributed by atoms with E-state index in [9.17, 15) is 0 Å². The van der Waals surface area contributed by atoms with Gasteiger partial charge in [0.25, 0.3) is 0 Å². The average molecular weight is 462 g/mol. The van der Waals surface area contributed by atoms with E-state index in [4.69, 9.17) is 9.84 Å². The van der Waals surface area contributed by atoms with Gasteiger partial charge in [0, 0.05) is 26.2 Å². The van der Waals surface area contributed by atoms with Crippen molar-refractivity contribution < 1.29 is 4.74 Å². The van der Waals surface area contributed by atoms with Crippen molar-refractivity contribution in [1.29, 1.82) is 0 Å². The molecule has 0 N–H and O–H groups in total. The van der Waals surface area contributed by atoms with Crippen LogP contribution in [0.1, 0.15) is 22.7 Å². The lowest BCUT2D eigenvalue weighted by Crippen LogP contribution is -2.45. The summed E-state index contributed by atoms with van der Waals surface area (Å²) in [4.78, 5) is 2.60. The topological polar surface area (TPSA) is 28.1 Å². The Morgan fingerprint density at radius 1 is 0.900 bits per heavy atom. The lowest BCUT2D eigenvalue weighted by molar-refractivity contribution is 0.114. The molecule has 0 amide bonds. The summed E-state index contributed by atoms with van der Waals surface area (Å²) < 4.78 is 6.24. The lowest BCUT2D eigenvalue weighted by atomic mass is 10.0. The quantitative estimate of drug-likeness (QED) is 0.501. The monoisotopic (exact) mass is 461 g/mol. The molecule has 30 heavy (non-hydrogen) atoms. The fourth-order valence-electron chi connectivity index (χ4n) is 4.52. The highest BCUT2D eigenvalue weighted by Crippen LogP contribution is 2.46. The molecule has 152 valence electrons. The van der Waals surface area contributed by atoms with Gasteiger partial charge in [-0.3, -0.25) is 9.91 Å². The highest BCUT2D eigenvalue weighted by Gasteiger charge is 2.33. The first kappa shape index (κ1) is 19.3. The van der Waals surface area contributed by atoms with Crippen LogP contribution in [0.3, 0.4) is 0 Å². The van der Waals surface area contributed by atoms with Gasteiger partial charge in [0.1, 0.15) is 5.75 Å². The van der Waals surface area contributed by atoms with Gasteiger partial charge in [0.2, 0.25) is 0 Å². The van der Waals surface area contributed by atoms with Crippen molar-refractivity contribution in [2.45, 2.75) is 6.04 Å². The number of hydrogen-bond acceptors (Lipinski definition) is 4. The van der Waals surface area contributed by atoms with E-state index < -0.39 is 0 Å². The van der Waals surface area contributed by atoms with Crippen LogP contribution in [0.2, 0.25) is 0 Å². The second kappa shape index (κ2) is 8.25. The first-order chi connectivity index (χ1) is 14.7. The largest absolute Gasteiger partial charge is 0.496 e. The third-order valence-electron chi connectivity index (χ3n) is 6.00. The molecule has 0 unspecified atom stereocenters. The van der Waals surface area contributed by atoms with Gasteiger partial charge in [0.15, 0.2) is 0 Å². The first-order valence-electron chi connectivity index (χ1n) is 10.3. The van der Waals surface area contributed by atoms with Crippen LogP contribution in [0.5, 0.6) is 5.75 Å². The molecule has 1 aliphatic heterocycles. The number of piperazine rings is 1. The minimum atomic E-state index is 0.348. The minimum Gasteiger partial charge on any atom is -0.496 e. The zero-order valence-corrected chi connectivity index (χ0v) is 18.5. The van der Waals surface area contributed by atoms with Crippen LogP contribution in [0, 0.1) is 0 Å². The van der Waals surface area contributed by atoms with Crippen LogP contribution in [0.15, 0.2) is 76.3 Å². The molecule has 5 heteroatoms. The Morgan fingerprint density at radius 3 is 2.13 bits per heavy atom. The zero-order valence-electron chi connectivity index (χ0n) is 17.0. The summed E-state index contributed by atoms with van der Waals surface area (Å²) in [6.07, 6.45) is 1.93. The van der Waals surface area contributed by atoms with Gasteiger partial charge in [0.05, 0.1) is 23.8 Å². The number of ether oxygens (including phenoxy) is 1. The van der Waals surface area contributed by atoms with Crippen LogP contribution in [0.25, 0.3) is 11.1 Å². The van der Waals surface area contributed by atoms with Gasteiger partial charge in [-0.05, 0) is 61.9 Å². The van der Waals surface area contributed by atoms with E-state index in [0.717, 1.165) is 42.0 Å². The molecule has 0 radical (unpaired) electrons. The number of methoxy groups -OCH3 is 1. The van der Waals surface area contributed by atoms with Crippen LogP contribution in [0.4, 0.5) is 0 Å². The van der Waals surface area contributed by atoms with Crippen LogP contribution < -0.4 is 4.74 Å². The van der Waals surface area contributed by atoms with E-state index in [2.05, 4.69) is 74.4 Å². The average Bonchev–Trinajstić information content (AvgIpc) is 3.13. The molecule has 1 aliphatic carbocycles. The SMILES string of the molecule is COc1ccc(/C=N\N2CCN(C3c4ccccc4-c4ccccc43)CC2)cc1Br. The summed E-state index contributed by atoms with van der Waals surface area (Å²) in [6.45, 7) is 3.84. The zero-order chi connectivity index (χ0) is 20.5. The van der Waals surface area contributed by atoms with Crippen molar-refractivity contribution in [3.63, 3.8) is 0 Å². The normalized spacial score (nSPS) is 16.7. The van der Waals surface area contributed by atoms with Crippen molar-refractivity contribution in [1.82, 2.24) is 9.91 Å². The second-order valence-electron chi connectivity index (χ2n) is 7.71. The molecule has 0 aromatic heterocycles. The van der Waals surface area contributed by atoms with E-state index in [1.807, 2.05) is 24.4 Å². The molecule has 1 heterocycles. The summed E-state index contributed by atoms with van der Waals surface area (Å²) in [7, 11) is 1.68. The molecule has 2 aliphatic rings. The minimum absolute atomic E-state index is 0.348. The number of hydrazone groups is 1. The molecule has 0 bridgehead atoms. The summed E-state index contributed by atoms with van der Waals surface area (Å²) in [5, 5.41) is 6.89. The Kier molecular flexibility index (Phi) is 5.32. The number of rotatable bonds is 4. The van der Waals surface area contributed by atoms with Crippen LogP contribution in [-0.4, -0.2) is 49.4 Å². The summed E-state index contributed by atoms with van der Waals surface area (Å²) >= 11 is 3.54. The van der Waals surface area contributed by atoms with E-state index in [-0.39, 0.29) is 0 Å². The van der Waals surface area contributed by atoms with Crippen LogP contribution in [-0.2, 0) is 0 Å². The highest BCUT2D eigenvalue weighted by molar-refractivity contribution is 9.10. The molecule has 0 atom stereocenters. The Hall–Kier alpha value is -2.63. The number of fused-ring (bicyclic) bond motifs is 3. The molecule has 1 fully saturated rings. The van der Waals surface area contributed by atoms with Gasteiger partial charge in [-0.2, -0.15) is 5.10 Å². The molecular formula is C25H24BrN3O. The Morgan fingerprint density at radius 2 is 1.53 bits per heavy atom. The number of benzene rings is 3. The first-order valence-corrected chi connectivity index (χ1v) is 11.1. The van der Waals surface area contributed by atoms with Gasteiger partial charge < -0.3 is 4.74 Å².